The highest BCUT2D eigenvalue weighted by Gasteiger charge is 2.13. The standard InChI is InChI=1S/C26H27N5/c1-2-10-24-19(5-1)6-3-8-21(24)18-29-26-28-16-13-25(31-26)20-7-4-9-23(17-20)30-22-11-14-27-15-12-22/h1-10,13,16-17,22,27,30H,11-12,14-15,18H2,(H,28,29,31). The molecule has 2 heterocycles. The molecule has 1 aliphatic rings. The van der Waals surface area contributed by atoms with Crippen LogP contribution < -0.4 is 16.0 Å². The van der Waals surface area contributed by atoms with Crippen LogP contribution in [0, 0.1) is 0 Å². The molecule has 5 rings (SSSR count). The van der Waals surface area contributed by atoms with Crippen LogP contribution in [0.15, 0.2) is 79.0 Å². The second-order valence-electron chi connectivity index (χ2n) is 8.01. The van der Waals surface area contributed by atoms with Crippen molar-refractivity contribution in [2.24, 2.45) is 0 Å². The van der Waals surface area contributed by atoms with Gasteiger partial charge in [-0.3, -0.25) is 0 Å². The van der Waals surface area contributed by atoms with Gasteiger partial charge in [-0.1, -0.05) is 54.6 Å². The van der Waals surface area contributed by atoms with E-state index in [9.17, 15) is 0 Å². The van der Waals surface area contributed by atoms with Gasteiger partial charge in [-0.2, -0.15) is 0 Å². The average Bonchev–Trinajstić information content (AvgIpc) is 2.84. The van der Waals surface area contributed by atoms with Crippen LogP contribution in [0.25, 0.3) is 22.0 Å². The number of hydrogen-bond acceptors (Lipinski definition) is 5. The average molecular weight is 410 g/mol. The summed E-state index contributed by atoms with van der Waals surface area (Å²) in [4.78, 5) is 9.20. The van der Waals surface area contributed by atoms with Crippen LogP contribution in [-0.4, -0.2) is 29.1 Å². The maximum atomic E-state index is 4.77. The molecule has 0 amide bonds. The first-order valence-electron chi connectivity index (χ1n) is 11.0. The predicted molar refractivity (Wildman–Crippen MR) is 128 cm³/mol. The molecular weight excluding hydrogens is 382 g/mol. The molecule has 5 heteroatoms. The second-order valence-corrected chi connectivity index (χ2v) is 8.01. The summed E-state index contributed by atoms with van der Waals surface area (Å²) in [7, 11) is 0. The summed E-state index contributed by atoms with van der Waals surface area (Å²) in [5.41, 5.74) is 4.40. The summed E-state index contributed by atoms with van der Waals surface area (Å²) in [6.07, 6.45) is 4.13. The topological polar surface area (TPSA) is 61.9 Å². The molecule has 3 aromatic carbocycles. The van der Waals surface area contributed by atoms with E-state index in [1.807, 2.05) is 12.3 Å². The number of aromatic nitrogens is 2. The number of fused-ring (bicyclic) bond motifs is 1. The molecule has 1 fully saturated rings. The van der Waals surface area contributed by atoms with Crippen molar-refractivity contribution in [1.82, 2.24) is 15.3 Å². The van der Waals surface area contributed by atoms with E-state index < -0.39 is 0 Å². The Bertz CT molecular complexity index is 1160. The third kappa shape index (κ3) is 4.67. The van der Waals surface area contributed by atoms with Gasteiger partial charge in [-0.15, -0.1) is 0 Å². The summed E-state index contributed by atoms with van der Waals surface area (Å²) in [6.45, 7) is 2.84. The third-order valence-corrected chi connectivity index (χ3v) is 5.84. The van der Waals surface area contributed by atoms with E-state index in [0.717, 1.165) is 42.9 Å². The predicted octanol–water partition coefficient (Wildman–Crippen LogP) is 5.07. The Morgan fingerprint density at radius 3 is 2.68 bits per heavy atom. The number of nitrogens with zero attached hydrogens (tertiary/aromatic N) is 2. The maximum absolute atomic E-state index is 4.77. The lowest BCUT2D eigenvalue weighted by Crippen LogP contribution is -2.35. The summed E-state index contributed by atoms with van der Waals surface area (Å²) < 4.78 is 0. The number of nitrogens with one attached hydrogen (secondary N) is 3. The summed E-state index contributed by atoms with van der Waals surface area (Å²) in [6, 6.07) is 25.8. The van der Waals surface area contributed by atoms with Crippen molar-refractivity contribution in [2.45, 2.75) is 25.4 Å². The fraction of sp³-hybridized carbons (Fsp3) is 0.231. The van der Waals surface area contributed by atoms with Crippen molar-refractivity contribution in [2.75, 3.05) is 23.7 Å². The molecule has 5 nitrogen and oxygen atoms in total. The first kappa shape index (κ1) is 19.5. The zero-order chi connectivity index (χ0) is 20.9. The van der Waals surface area contributed by atoms with E-state index in [2.05, 4.69) is 87.7 Å². The van der Waals surface area contributed by atoms with Crippen molar-refractivity contribution >= 4 is 22.4 Å². The highest BCUT2D eigenvalue weighted by Crippen LogP contribution is 2.24. The Balaban J connectivity index is 1.31. The van der Waals surface area contributed by atoms with Gasteiger partial charge in [0, 0.05) is 30.0 Å². The molecule has 4 aromatic rings. The van der Waals surface area contributed by atoms with E-state index in [1.165, 1.54) is 16.3 Å². The molecule has 0 bridgehead atoms. The molecule has 0 unspecified atom stereocenters. The molecule has 0 spiro atoms. The van der Waals surface area contributed by atoms with E-state index in [-0.39, 0.29) is 0 Å². The molecule has 156 valence electrons. The largest absolute Gasteiger partial charge is 0.382 e. The SMILES string of the molecule is c1cc(NC2CCNCC2)cc(-c2ccnc(NCc3cccc4ccccc34)n2)c1. The number of hydrogen-bond donors (Lipinski definition) is 3. The molecular formula is C26H27N5. The lowest BCUT2D eigenvalue weighted by molar-refractivity contribution is 0.479. The lowest BCUT2D eigenvalue weighted by Gasteiger charge is -2.24. The Morgan fingerprint density at radius 2 is 1.74 bits per heavy atom. The van der Waals surface area contributed by atoms with Crippen LogP contribution >= 0.6 is 0 Å². The van der Waals surface area contributed by atoms with Crippen molar-refractivity contribution in [3.05, 3.63) is 84.6 Å². The minimum atomic E-state index is 0.528. The van der Waals surface area contributed by atoms with Gasteiger partial charge < -0.3 is 16.0 Å². The summed E-state index contributed by atoms with van der Waals surface area (Å²) in [5.74, 6) is 0.641. The zero-order valence-corrected chi connectivity index (χ0v) is 17.5. The first-order valence-corrected chi connectivity index (χ1v) is 11.0. The number of piperidine rings is 1. The Kier molecular flexibility index (Phi) is 5.76. The number of benzene rings is 3. The van der Waals surface area contributed by atoms with Gasteiger partial charge in [0.1, 0.15) is 0 Å². The quantitative estimate of drug-likeness (QED) is 0.415. The van der Waals surface area contributed by atoms with Crippen LogP contribution in [0.2, 0.25) is 0 Å². The van der Waals surface area contributed by atoms with Crippen LogP contribution in [0.5, 0.6) is 0 Å². The second kappa shape index (κ2) is 9.14. The minimum Gasteiger partial charge on any atom is -0.382 e. The van der Waals surface area contributed by atoms with Gasteiger partial charge in [0.05, 0.1) is 5.69 Å². The van der Waals surface area contributed by atoms with E-state index in [0.29, 0.717) is 18.5 Å². The molecule has 0 atom stereocenters. The molecule has 1 saturated heterocycles. The third-order valence-electron chi connectivity index (χ3n) is 5.84. The maximum Gasteiger partial charge on any atom is 0.223 e. The number of rotatable bonds is 6. The highest BCUT2D eigenvalue weighted by molar-refractivity contribution is 5.85. The Hall–Kier alpha value is -3.44. The Labute approximate surface area is 182 Å². The Morgan fingerprint density at radius 1 is 0.903 bits per heavy atom. The van der Waals surface area contributed by atoms with E-state index >= 15 is 0 Å². The van der Waals surface area contributed by atoms with E-state index in [4.69, 9.17) is 4.98 Å². The van der Waals surface area contributed by atoms with Crippen molar-refractivity contribution in [3.63, 3.8) is 0 Å². The van der Waals surface area contributed by atoms with Crippen LogP contribution in [0.1, 0.15) is 18.4 Å². The summed E-state index contributed by atoms with van der Waals surface area (Å²) in [5, 5.41) is 13.0. The fourth-order valence-electron chi connectivity index (χ4n) is 4.20. The van der Waals surface area contributed by atoms with Crippen LogP contribution in [0.4, 0.5) is 11.6 Å². The van der Waals surface area contributed by atoms with Gasteiger partial charge >= 0.3 is 0 Å². The van der Waals surface area contributed by atoms with Gasteiger partial charge in [-0.05, 0) is 60.5 Å². The summed E-state index contributed by atoms with van der Waals surface area (Å²) >= 11 is 0. The van der Waals surface area contributed by atoms with Crippen LogP contribution in [-0.2, 0) is 6.54 Å². The minimum absolute atomic E-state index is 0.528. The van der Waals surface area contributed by atoms with Crippen LogP contribution in [0.3, 0.4) is 0 Å². The van der Waals surface area contributed by atoms with Gasteiger partial charge in [0.25, 0.3) is 0 Å². The lowest BCUT2D eigenvalue weighted by atomic mass is 10.0. The normalized spacial score (nSPS) is 14.5. The van der Waals surface area contributed by atoms with Crippen molar-refractivity contribution in [1.29, 1.82) is 0 Å². The molecule has 0 radical (unpaired) electrons. The first-order chi connectivity index (χ1) is 15.3. The fourth-order valence-corrected chi connectivity index (χ4v) is 4.20. The molecule has 1 aliphatic heterocycles. The monoisotopic (exact) mass is 409 g/mol. The van der Waals surface area contributed by atoms with Gasteiger partial charge in [-0.25, -0.2) is 9.97 Å². The zero-order valence-electron chi connectivity index (χ0n) is 17.5. The molecule has 1 aromatic heterocycles. The smallest absolute Gasteiger partial charge is 0.223 e. The number of anilines is 2. The molecule has 31 heavy (non-hydrogen) atoms. The molecule has 3 N–H and O–H groups in total. The van der Waals surface area contributed by atoms with Crippen molar-refractivity contribution < 1.29 is 0 Å². The van der Waals surface area contributed by atoms with Crippen molar-refractivity contribution in [3.8, 4) is 11.3 Å². The molecule has 0 aliphatic carbocycles. The van der Waals surface area contributed by atoms with Gasteiger partial charge in [0.15, 0.2) is 0 Å². The van der Waals surface area contributed by atoms with E-state index in [1.54, 1.807) is 0 Å². The van der Waals surface area contributed by atoms with Gasteiger partial charge in [0.2, 0.25) is 5.95 Å². The highest BCUT2D eigenvalue weighted by atomic mass is 15.1. The molecule has 0 saturated carbocycles.